The Labute approximate surface area is 74.3 Å². The number of hydrogen-bond donors (Lipinski definition) is 1. The molecule has 1 rings (SSSR count). The van der Waals surface area contributed by atoms with Gasteiger partial charge < -0.3 is 14.7 Å². The Kier molecular flexibility index (Phi) is 5.32. The second-order valence-corrected chi connectivity index (χ2v) is 3.04. The summed E-state index contributed by atoms with van der Waals surface area (Å²) in [6.45, 7) is 4.70. The van der Waals surface area contributed by atoms with E-state index in [2.05, 4.69) is 11.3 Å². The van der Waals surface area contributed by atoms with E-state index >= 15 is 0 Å². The number of rotatable bonds is 5. The van der Waals surface area contributed by atoms with Crippen LogP contribution in [0.25, 0.3) is 0 Å². The summed E-state index contributed by atoms with van der Waals surface area (Å²) in [5.41, 5.74) is 0. The molecular weight excluding hydrogens is 154 g/mol. The first-order valence-corrected chi connectivity index (χ1v) is 4.66. The molecule has 0 saturated carbocycles. The number of piperidine rings is 1. The Morgan fingerprint density at radius 2 is 2.00 bits per heavy atom. The minimum atomic E-state index is 0.133. The van der Waals surface area contributed by atoms with Crippen molar-refractivity contribution >= 4 is 0 Å². The predicted octanol–water partition coefficient (Wildman–Crippen LogP) is 0.295. The molecule has 0 aliphatic carbocycles. The van der Waals surface area contributed by atoms with Crippen molar-refractivity contribution in [2.75, 3.05) is 39.5 Å². The molecule has 0 spiro atoms. The van der Waals surface area contributed by atoms with Gasteiger partial charge in [0.15, 0.2) is 0 Å². The normalized spacial score (nSPS) is 19.8. The summed E-state index contributed by atoms with van der Waals surface area (Å²) in [7, 11) is 0. The first-order valence-electron chi connectivity index (χ1n) is 4.66. The first kappa shape index (κ1) is 9.96. The molecule has 1 heterocycles. The minimum absolute atomic E-state index is 0.133. The van der Waals surface area contributed by atoms with E-state index in [9.17, 15) is 0 Å². The van der Waals surface area contributed by atoms with Crippen molar-refractivity contribution in [2.45, 2.75) is 12.8 Å². The average molecular weight is 172 g/mol. The van der Waals surface area contributed by atoms with Crippen LogP contribution in [0.1, 0.15) is 12.8 Å². The molecule has 0 amide bonds. The standard InChI is InChI=1S/C9H18NO2/c11-7-9-12-8-6-10-4-2-1-3-5-10/h1,11H,2-9H2. The monoisotopic (exact) mass is 172 g/mol. The van der Waals surface area contributed by atoms with Crippen molar-refractivity contribution in [2.24, 2.45) is 0 Å². The number of aliphatic hydroxyl groups is 1. The van der Waals surface area contributed by atoms with Gasteiger partial charge in [0.05, 0.1) is 19.8 Å². The fourth-order valence-corrected chi connectivity index (χ4v) is 1.39. The Bertz CT molecular complexity index is 103. The second kappa shape index (κ2) is 6.40. The number of aliphatic hydroxyl groups excluding tert-OH is 1. The van der Waals surface area contributed by atoms with Gasteiger partial charge in [-0.2, -0.15) is 0 Å². The van der Waals surface area contributed by atoms with E-state index in [1.54, 1.807) is 0 Å². The van der Waals surface area contributed by atoms with Crippen molar-refractivity contribution < 1.29 is 9.84 Å². The van der Waals surface area contributed by atoms with Crippen LogP contribution in [0.2, 0.25) is 0 Å². The minimum Gasteiger partial charge on any atom is -0.394 e. The van der Waals surface area contributed by atoms with Gasteiger partial charge in [0.25, 0.3) is 0 Å². The maximum atomic E-state index is 8.46. The van der Waals surface area contributed by atoms with Gasteiger partial charge in [0.2, 0.25) is 0 Å². The van der Waals surface area contributed by atoms with Gasteiger partial charge in [-0.05, 0) is 32.4 Å². The van der Waals surface area contributed by atoms with Gasteiger partial charge in [-0.25, -0.2) is 0 Å². The van der Waals surface area contributed by atoms with Crippen molar-refractivity contribution in [3.05, 3.63) is 6.42 Å². The van der Waals surface area contributed by atoms with Crippen LogP contribution in [0, 0.1) is 6.42 Å². The molecule has 1 aliphatic heterocycles. The number of likely N-dealkylation sites (tertiary alicyclic amines) is 1. The van der Waals surface area contributed by atoms with Gasteiger partial charge >= 0.3 is 0 Å². The van der Waals surface area contributed by atoms with Crippen LogP contribution in [0.15, 0.2) is 0 Å². The van der Waals surface area contributed by atoms with Crippen molar-refractivity contribution in [3.63, 3.8) is 0 Å². The maximum Gasteiger partial charge on any atom is 0.0698 e. The molecule has 0 aromatic heterocycles. The molecule has 0 aromatic rings. The molecule has 0 unspecified atom stereocenters. The summed E-state index contributed by atoms with van der Waals surface area (Å²) < 4.78 is 5.18. The molecule has 1 N–H and O–H groups in total. The molecule has 3 nitrogen and oxygen atoms in total. The number of ether oxygens (including phenoxy) is 1. The SMILES string of the molecule is OCCOCCN1CC[CH]CC1. The smallest absolute Gasteiger partial charge is 0.0698 e. The van der Waals surface area contributed by atoms with E-state index in [4.69, 9.17) is 9.84 Å². The quantitative estimate of drug-likeness (QED) is 0.605. The lowest BCUT2D eigenvalue weighted by Gasteiger charge is -2.25. The molecule has 1 fully saturated rings. The van der Waals surface area contributed by atoms with E-state index in [-0.39, 0.29) is 6.61 Å². The predicted molar refractivity (Wildman–Crippen MR) is 47.9 cm³/mol. The van der Waals surface area contributed by atoms with Crippen LogP contribution in [0.4, 0.5) is 0 Å². The maximum absolute atomic E-state index is 8.46. The van der Waals surface area contributed by atoms with Gasteiger partial charge in [-0.3, -0.25) is 0 Å². The molecule has 3 heteroatoms. The van der Waals surface area contributed by atoms with Crippen LogP contribution < -0.4 is 0 Å². The zero-order valence-electron chi connectivity index (χ0n) is 7.54. The van der Waals surface area contributed by atoms with Crippen LogP contribution in [0.5, 0.6) is 0 Å². The molecule has 12 heavy (non-hydrogen) atoms. The van der Waals surface area contributed by atoms with Crippen LogP contribution in [-0.4, -0.2) is 49.5 Å². The molecule has 0 atom stereocenters. The van der Waals surface area contributed by atoms with Gasteiger partial charge in [-0.1, -0.05) is 0 Å². The van der Waals surface area contributed by atoms with Gasteiger partial charge in [0.1, 0.15) is 0 Å². The Morgan fingerprint density at radius 3 is 2.67 bits per heavy atom. The highest BCUT2D eigenvalue weighted by Gasteiger charge is 2.08. The van der Waals surface area contributed by atoms with Gasteiger partial charge in [-0.15, -0.1) is 0 Å². The largest absolute Gasteiger partial charge is 0.394 e. The Morgan fingerprint density at radius 1 is 1.25 bits per heavy atom. The number of nitrogens with zero attached hydrogens (tertiary/aromatic N) is 1. The Balaban J connectivity index is 1.91. The zero-order valence-corrected chi connectivity index (χ0v) is 7.54. The lowest BCUT2D eigenvalue weighted by atomic mass is 10.1. The van der Waals surface area contributed by atoms with Crippen molar-refractivity contribution in [1.29, 1.82) is 0 Å². The third kappa shape index (κ3) is 4.04. The molecule has 1 saturated heterocycles. The third-order valence-corrected chi connectivity index (χ3v) is 2.09. The van der Waals surface area contributed by atoms with Crippen molar-refractivity contribution in [1.82, 2.24) is 4.90 Å². The third-order valence-electron chi connectivity index (χ3n) is 2.09. The molecule has 0 aromatic carbocycles. The lowest BCUT2D eigenvalue weighted by Crippen LogP contribution is -2.33. The highest BCUT2D eigenvalue weighted by molar-refractivity contribution is 4.76. The fraction of sp³-hybridized carbons (Fsp3) is 0.889. The Hall–Kier alpha value is -0.120. The summed E-state index contributed by atoms with van der Waals surface area (Å²) in [5, 5.41) is 8.46. The molecular formula is C9H18NO2. The average Bonchev–Trinajstić information content (AvgIpc) is 2.14. The molecule has 1 aliphatic rings. The highest BCUT2D eigenvalue weighted by Crippen LogP contribution is 2.06. The van der Waals surface area contributed by atoms with E-state index < -0.39 is 0 Å². The van der Waals surface area contributed by atoms with E-state index in [1.165, 1.54) is 25.9 Å². The summed E-state index contributed by atoms with van der Waals surface area (Å²) in [6.07, 6.45) is 4.76. The van der Waals surface area contributed by atoms with E-state index in [1.807, 2.05) is 0 Å². The molecule has 71 valence electrons. The van der Waals surface area contributed by atoms with E-state index in [0.717, 1.165) is 13.2 Å². The summed E-state index contributed by atoms with van der Waals surface area (Å²) >= 11 is 0. The summed E-state index contributed by atoms with van der Waals surface area (Å²) in [5.74, 6) is 0. The topological polar surface area (TPSA) is 32.7 Å². The van der Waals surface area contributed by atoms with Crippen LogP contribution in [-0.2, 0) is 4.74 Å². The summed E-state index contributed by atoms with van der Waals surface area (Å²) in [4.78, 5) is 2.40. The van der Waals surface area contributed by atoms with Crippen LogP contribution in [0.3, 0.4) is 0 Å². The van der Waals surface area contributed by atoms with E-state index in [0.29, 0.717) is 6.61 Å². The first-order chi connectivity index (χ1) is 5.93. The molecule has 1 radical (unpaired) electrons. The zero-order chi connectivity index (χ0) is 8.65. The second-order valence-electron chi connectivity index (χ2n) is 3.04. The van der Waals surface area contributed by atoms with Crippen molar-refractivity contribution in [3.8, 4) is 0 Å². The van der Waals surface area contributed by atoms with Crippen LogP contribution >= 0.6 is 0 Å². The van der Waals surface area contributed by atoms with Gasteiger partial charge in [0, 0.05) is 6.54 Å². The fourth-order valence-electron chi connectivity index (χ4n) is 1.39. The lowest BCUT2D eigenvalue weighted by molar-refractivity contribution is 0.0718. The number of hydrogen-bond acceptors (Lipinski definition) is 3. The summed E-state index contributed by atoms with van der Waals surface area (Å²) in [6, 6.07) is 0. The molecule has 0 bridgehead atoms. The highest BCUT2D eigenvalue weighted by atomic mass is 16.5.